The van der Waals surface area contributed by atoms with Crippen molar-refractivity contribution in [3.05, 3.63) is 23.7 Å². The number of nitrogens with one attached hydrogen (secondary N) is 1. The van der Waals surface area contributed by atoms with Crippen LogP contribution in [0, 0.1) is 5.41 Å². The Morgan fingerprint density at radius 1 is 1.38 bits per heavy atom. The number of esters is 1. The molecule has 3 heterocycles. The Labute approximate surface area is 131 Å². The molecule has 2 aliphatic rings. The van der Waals surface area contributed by atoms with Crippen LogP contribution < -0.4 is 5.32 Å². The van der Waals surface area contributed by atoms with Crippen molar-refractivity contribution < 1.29 is 13.9 Å². The highest BCUT2D eigenvalue weighted by atomic mass is 35.5. The van der Waals surface area contributed by atoms with E-state index in [1.54, 1.807) is 6.07 Å². The van der Waals surface area contributed by atoms with Gasteiger partial charge in [-0.1, -0.05) is 0 Å². The molecular weight excluding hydrogens is 292 g/mol. The van der Waals surface area contributed by atoms with E-state index < -0.39 is 5.97 Å². The fraction of sp³-hybridized carbons (Fsp3) is 0.667. The molecular formula is C15H23ClN2O3. The summed E-state index contributed by atoms with van der Waals surface area (Å²) >= 11 is 0. The molecule has 1 spiro atoms. The number of carbonyl (C=O) groups excluding carboxylic acids is 1. The molecule has 2 fully saturated rings. The average Bonchev–Trinajstić information content (AvgIpc) is 3.07. The van der Waals surface area contributed by atoms with Gasteiger partial charge in [-0.3, -0.25) is 4.90 Å². The van der Waals surface area contributed by atoms with Gasteiger partial charge < -0.3 is 14.5 Å². The topological polar surface area (TPSA) is 54.7 Å². The van der Waals surface area contributed by atoms with Gasteiger partial charge >= 0.3 is 5.97 Å². The first-order valence-corrected chi connectivity index (χ1v) is 7.31. The van der Waals surface area contributed by atoms with E-state index in [-0.39, 0.29) is 12.4 Å². The molecule has 0 unspecified atom stereocenters. The van der Waals surface area contributed by atoms with Crippen LogP contribution in [0.1, 0.15) is 35.6 Å². The van der Waals surface area contributed by atoms with Crippen LogP contribution in [0.15, 0.2) is 16.5 Å². The van der Waals surface area contributed by atoms with E-state index in [1.165, 1.54) is 26.4 Å². The smallest absolute Gasteiger partial charge is 0.373 e. The molecule has 2 aliphatic heterocycles. The minimum absolute atomic E-state index is 0. The summed E-state index contributed by atoms with van der Waals surface area (Å²) < 4.78 is 10.2. The second-order valence-corrected chi connectivity index (χ2v) is 5.97. The minimum Gasteiger partial charge on any atom is -0.463 e. The number of ether oxygens (including phenoxy) is 1. The predicted molar refractivity (Wildman–Crippen MR) is 81.7 cm³/mol. The molecule has 1 N–H and O–H groups in total. The molecule has 1 aromatic heterocycles. The van der Waals surface area contributed by atoms with E-state index >= 15 is 0 Å². The zero-order valence-electron chi connectivity index (χ0n) is 12.4. The van der Waals surface area contributed by atoms with Gasteiger partial charge in [0.05, 0.1) is 13.7 Å². The van der Waals surface area contributed by atoms with Gasteiger partial charge in [-0.05, 0) is 56.4 Å². The number of piperidine rings is 1. The summed E-state index contributed by atoms with van der Waals surface area (Å²) in [7, 11) is 1.37. The summed E-state index contributed by atoms with van der Waals surface area (Å²) in [6.45, 7) is 5.32. The van der Waals surface area contributed by atoms with Crippen LogP contribution >= 0.6 is 12.4 Å². The lowest BCUT2D eigenvalue weighted by atomic mass is 9.78. The lowest BCUT2D eigenvalue weighted by molar-refractivity contribution is 0.0561. The molecule has 0 radical (unpaired) electrons. The molecule has 5 nitrogen and oxygen atoms in total. The highest BCUT2D eigenvalue weighted by molar-refractivity contribution is 5.86. The molecule has 0 atom stereocenters. The summed E-state index contributed by atoms with van der Waals surface area (Å²) in [6.07, 6.45) is 3.82. The maximum absolute atomic E-state index is 11.4. The lowest BCUT2D eigenvalue weighted by Gasteiger charge is -2.33. The van der Waals surface area contributed by atoms with Gasteiger partial charge in [-0.15, -0.1) is 12.4 Å². The summed E-state index contributed by atoms with van der Waals surface area (Å²) in [6, 6.07) is 3.57. The molecule has 21 heavy (non-hydrogen) atoms. The maximum Gasteiger partial charge on any atom is 0.373 e. The molecule has 2 saturated heterocycles. The first-order chi connectivity index (χ1) is 9.71. The number of furan rings is 1. The Balaban J connectivity index is 0.00000161. The summed E-state index contributed by atoms with van der Waals surface area (Å²) in [5.41, 5.74) is 0.503. The molecule has 3 rings (SSSR count). The summed E-state index contributed by atoms with van der Waals surface area (Å²) in [5.74, 6) is 0.724. The summed E-state index contributed by atoms with van der Waals surface area (Å²) in [4.78, 5) is 13.8. The number of carbonyl (C=O) groups is 1. The van der Waals surface area contributed by atoms with Crippen molar-refractivity contribution in [2.45, 2.75) is 25.8 Å². The summed E-state index contributed by atoms with van der Waals surface area (Å²) in [5, 5.41) is 3.43. The third-order valence-electron chi connectivity index (χ3n) is 4.61. The average molecular weight is 315 g/mol. The van der Waals surface area contributed by atoms with Gasteiger partial charge in [0.25, 0.3) is 0 Å². The Morgan fingerprint density at radius 2 is 2.14 bits per heavy atom. The highest BCUT2D eigenvalue weighted by Gasteiger charge is 2.38. The van der Waals surface area contributed by atoms with Crippen molar-refractivity contribution >= 4 is 18.4 Å². The number of hydrogen-bond donors (Lipinski definition) is 1. The standard InChI is InChI=1S/C15H22N2O3.ClH/c1-19-14(18)13-3-2-12(20-13)10-17-9-6-15(11-17)4-7-16-8-5-15;/h2-3,16H,4-11H2,1H3;1H. The maximum atomic E-state index is 11.4. The first-order valence-electron chi connectivity index (χ1n) is 7.31. The van der Waals surface area contributed by atoms with Crippen molar-refractivity contribution in [2.24, 2.45) is 5.41 Å². The number of halogens is 1. The fourth-order valence-electron chi connectivity index (χ4n) is 3.42. The van der Waals surface area contributed by atoms with E-state index in [2.05, 4.69) is 15.0 Å². The molecule has 0 amide bonds. The van der Waals surface area contributed by atoms with Gasteiger partial charge in [0.15, 0.2) is 0 Å². The van der Waals surface area contributed by atoms with Crippen molar-refractivity contribution in [1.82, 2.24) is 10.2 Å². The second-order valence-electron chi connectivity index (χ2n) is 5.97. The largest absolute Gasteiger partial charge is 0.463 e. The SMILES string of the molecule is COC(=O)c1ccc(CN2CCC3(CCNCC3)C2)o1.Cl. The van der Waals surface area contributed by atoms with Crippen LogP contribution in [0.2, 0.25) is 0 Å². The van der Waals surface area contributed by atoms with E-state index in [0.29, 0.717) is 11.2 Å². The number of likely N-dealkylation sites (tertiary alicyclic amines) is 1. The predicted octanol–water partition coefficient (Wildman–Crippen LogP) is 2.06. The van der Waals surface area contributed by atoms with Crippen LogP contribution in [-0.4, -0.2) is 44.2 Å². The van der Waals surface area contributed by atoms with Gasteiger partial charge in [0.2, 0.25) is 5.76 Å². The normalized spacial score (nSPS) is 21.2. The third kappa shape index (κ3) is 3.59. The molecule has 1 aromatic rings. The Bertz CT molecular complexity index is 483. The van der Waals surface area contributed by atoms with Crippen LogP contribution in [0.4, 0.5) is 0 Å². The highest BCUT2D eigenvalue weighted by Crippen LogP contribution is 2.39. The fourth-order valence-corrected chi connectivity index (χ4v) is 3.42. The molecule has 0 saturated carbocycles. The monoisotopic (exact) mass is 314 g/mol. The van der Waals surface area contributed by atoms with Gasteiger partial charge in [0, 0.05) is 6.54 Å². The third-order valence-corrected chi connectivity index (χ3v) is 4.61. The number of hydrogen-bond acceptors (Lipinski definition) is 5. The van der Waals surface area contributed by atoms with Gasteiger partial charge in [-0.25, -0.2) is 4.79 Å². The second kappa shape index (κ2) is 6.81. The van der Waals surface area contributed by atoms with Gasteiger partial charge in [-0.2, -0.15) is 0 Å². The van der Waals surface area contributed by atoms with Crippen LogP contribution in [0.3, 0.4) is 0 Å². The van der Waals surface area contributed by atoms with E-state index in [1.807, 2.05) is 6.07 Å². The molecule has 118 valence electrons. The zero-order chi connectivity index (χ0) is 14.0. The van der Waals surface area contributed by atoms with E-state index in [4.69, 9.17) is 4.42 Å². The quantitative estimate of drug-likeness (QED) is 0.866. The van der Waals surface area contributed by atoms with Gasteiger partial charge in [0.1, 0.15) is 5.76 Å². The number of methoxy groups -OCH3 is 1. The van der Waals surface area contributed by atoms with Crippen LogP contribution in [-0.2, 0) is 11.3 Å². The van der Waals surface area contributed by atoms with E-state index in [0.717, 1.165) is 38.5 Å². The molecule has 6 heteroatoms. The van der Waals surface area contributed by atoms with Crippen LogP contribution in [0.5, 0.6) is 0 Å². The molecule has 0 aromatic carbocycles. The first kappa shape index (κ1) is 16.3. The zero-order valence-corrected chi connectivity index (χ0v) is 13.2. The minimum atomic E-state index is -0.410. The van der Waals surface area contributed by atoms with E-state index in [9.17, 15) is 4.79 Å². The van der Waals surface area contributed by atoms with Crippen LogP contribution in [0.25, 0.3) is 0 Å². The van der Waals surface area contributed by atoms with Crippen molar-refractivity contribution in [1.29, 1.82) is 0 Å². The Morgan fingerprint density at radius 3 is 2.86 bits per heavy atom. The lowest BCUT2D eigenvalue weighted by Crippen LogP contribution is -2.38. The molecule has 0 aliphatic carbocycles. The van der Waals surface area contributed by atoms with Crippen molar-refractivity contribution in [3.63, 3.8) is 0 Å². The van der Waals surface area contributed by atoms with Crippen molar-refractivity contribution in [3.8, 4) is 0 Å². The Kier molecular flexibility index (Phi) is 5.30. The molecule has 0 bridgehead atoms. The van der Waals surface area contributed by atoms with Crippen molar-refractivity contribution in [2.75, 3.05) is 33.3 Å². The Hall–Kier alpha value is -1.04. The number of rotatable bonds is 3. The number of nitrogens with zero attached hydrogens (tertiary/aromatic N) is 1.